The highest BCUT2D eigenvalue weighted by atomic mass is 32.2. The van der Waals surface area contributed by atoms with E-state index in [1.807, 2.05) is 0 Å². The van der Waals surface area contributed by atoms with Gasteiger partial charge in [-0.25, -0.2) is 4.39 Å². The van der Waals surface area contributed by atoms with E-state index < -0.39 is 16.8 Å². The van der Waals surface area contributed by atoms with E-state index in [9.17, 15) is 12.8 Å². The number of ether oxygens (including phenoxy) is 8. The number of halogens is 1. The fourth-order valence-electron chi connectivity index (χ4n) is 2.55. The van der Waals surface area contributed by atoms with Crippen molar-refractivity contribution in [3.8, 4) is 0 Å². The molecule has 0 bridgehead atoms. The van der Waals surface area contributed by atoms with Gasteiger partial charge in [0.05, 0.1) is 117 Å². The van der Waals surface area contributed by atoms with E-state index in [4.69, 9.17) is 42.1 Å². The number of hydrogen-bond donors (Lipinski definition) is 0. The van der Waals surface area contributed by atoms with Crippen molar-refractivity contribution in [1.29, 1.82) is 0 Å². The van der Waals surface area contributed by atoms with Crippen molar-refractivity contribution in [2.75, 3.05) is 119 Å². The van der Waals surface area contributed by atoms with E-state index in [2.05, 4.69) is 0 Å². The second kappa shape index (κ2) is 25.0. The summed E-state index contributed by atoms with van der Waals surface area (Å²) in [4.78, 5) is 0.118. The Bertz CT molecular complexity index is 710. The van der Waals surface area contributed by atoms with Crippen LogP contribution in [0.5, 0.6) is 0 Å². The lowest BCUT2D eigenvalue weighted by Gasteiger charge is -2.09. The van der Waals surface area contributed by atoms with Crippen molar-refractivity contribution in [3.63, 3.8) is 0 Å². The minimum absolute atomic E-state index is 0.0594. The number of alkyl halides is 1. The third-order valence-corrected chi connectivity index (χ3v) is 5.65. The summed E-state index contributed by atoms with van der Waals surface area (Å²) in [5.41, 5.74) is 0. The third kappa shape index (κ3) is 21.4. The monoisotopic (exact) mass is 556 g/mol. The standard InChI is InChI=1S/C24H41FO11S/c25-6-7-28-8-9-29-10-11-30-12-13-31-14-15-32-16-17-33-18-19-34-20-21-35-22-23-36-37(26,27)24-4-2-1-3-5-24/h1-5H,6-23H2. The highest BCUT2D eigenvalue weighted by Crippen LogP contribution is 2.10. The summed E-state index contributed by atoms with van der Waals surface area (Å²) in [6, 6.07) is 7.96. The first-order chi connectivity index (χ1) is 18.2. The lowest BCUT2D eigenvalue weighted by Crippen LogP contribution is -2.15. The predicted molar refractivity (Wildman–Crippen MR) is 132 cm³/mol. The van der Waals surface area contributed by atoms with Crippen LogP contribution < -0.4 is 0 Å². The first-order valence-electron chi connectivity index (χ1n) is 12.3. The molecule has 13 heteroatoms. The smallest absolute Gasteiger partial charge is 0.297 e. The topological polar surface area (TPSA) is 117 Å². The van der Waals surface area contributed by atoms with Crippen molar-refractivity contribution >= 4 is 10.1 Å². The Morgan fingerprint density at radius 3 is 1.08 bits per heavy atom. The minimum Gasteiger partial charge on any atom is -0.377 e. The van der Waals surface area contributed by atoms with Crippen LogP contribution in [-0.2, 0) is 52.2 Å². The molecule has 0 spiro atoms. The molecule has 216 valence electrons. The fourth-order valence-corrected chi connectivity index (χ4v) is 3.47. The highest BCUT2D eigenvalue weighted by Gasteiger charge is 2.13. The van der Waals surface area contributed by atoms with Gasteiger partial charge in [0.15, 0.2) is 0 Å². The molecule has 0 aromatic heterocycles. The molecule has 0 atom stereocenters. The molecular weight excluding hydrogens is 515 g/mol. The van der Waals surface area contributed by atoms with Gasteiger partial charge in [-0.2, -0.15) is 8.42 Å². The highest BCUT2D eigenvalue weighted by molar-refractivity contribution is 7.86. The maximum Gasteiger partial charge on any atom is 0.297 e. The van der Waals surface area contributed by atoms with Crippen LogP contribution in [-0.4, -0.2) is 127 Å². The molecule has 0 aliphatic carbocycles. The molecule has 1 aromatic carbocycles. The summed E-state index contributed by atoms with van der Waals surface area (Å²) in [6.07, 6.45) is 0. The molecule has 0 unspecified atom stereocenters. The van der Waals surface area contributed by atoms with E-state index in [0.717, 1.165) is 0 Å². The Balaban J connectivity index is 1.71. The fraction of sp³-hybridized carbons (Fsp3) is 0.750. The predicted octanol–water partition coefficient (Wildman–Crippen LogP) is 1.49. The summed E-state index contributed by atoms with van der Waals surface area (Å²) in [5, 5.41) is 0. The van der Waals surface area contributed by atoms with E-state index >= 15 is 0 Å². The maximum atomic E-state index is 11.9. The zero-order chi connectivity index (χ0) is 26.7. The van der Waals surface area contributed by atoms with Crippen LogP contribution in [0.2, 0.25) is 0 Å². The van der Waals surface area contributed by atoms with Crippen LogP contribution in [0, 0.1) is 0 Å². The summed E-state index contributed by atoms with van der Waals surface area (Å²) in [5.74, 6) is 0. The van der Waals surface area contributed by atoms with Crippen molar-refractivity contribution in [1.82, 2.24) is 0 Å². The zero-order valence-electron chi connectivity index (χ0n) is 21.4. The largest absolute Gasteiger partial charge is 0.377 e. The van der Waals surface area contributed by atoms with Crippen LogP contribution in [0.1, 0.15) is 0 Å². The van der Waals surface area contributed by atoms with Gasteiger partial charge in [0.25, 0.3) is 10.1 Å². The van der Waals surface area contributed by atoms with Gasteiger partial charge in [0, 0.05) is 0 Å². The molecule has 0 amide bonds. The molecule has 0 aliphatic rings. The van der Waals surface area contributed by atoms with Crippen LogP contribution in [0.3, 0.4) is 0 Å². The maximum absolute atomic E-state index is 11.9. The Labute approximate surface area is 219 Å². The van der Waals surface area contributed by atoms with E-state index in [0.29, 0.717) is 92.5 Å². The normalized spacial score (nSPS) is 11.8. The van der Waals surface area contributed by atoms with Crippen LogP contribution in [0.4, 0.5) is 4.39 Å². The Kier molecular flexibility index (Phi) is 22.9. The third-order valence-electron chi connectivity index (χ3n) is 4.32. The van der Waals surface area contributed by atoms with Crippen molar-refractivity contribution < 1.29 is 54.9 Å². The Morgan fingerprint density at radius 2 is 0.757 bits per heavy atom. The molecule has 1 aromatic rings. The van der Waals surface area contributed by atoms with Gasteiger partial charge >= 0.3 is 0 Å². The van der Waals surface area contributed by atoms with Crippen molar-refractivity contribution in [3.05, 3.63) is 30.3 Å². The molecule has 0 radical (unpaired) electrons. The van der Waals surface area contributed by atoms with Crippen LogP contribution in [0.15, 0.2) is 35.2 Å². The number of hydrogen-bond acceptors (Lipinski definition) is 11. The first kappa shape index (κ1) is 33.8. The van der Waals surface area contributed by atoms with Gasteiger partial charge in [-0.15, -0.1) is 0 Å². The minimum atomic E-state index is -3.75. The zero-order valence-corrected chi connectivity index (χ0v) is 22.2. The van der Waals surface area contributed by atoms with Crippen molar-refractivity contribution in [2.45, 2.75) is 4.90 Å². The molecule has 0 saturated heterocycles. The van der Waals surface area contributed by atoms with Gasteiger partial charge in [-0.3, -0.25) is 4.18 Å². The summed E-state index contributed by atoms with van der Waals surface area (Å²) in [6.45, 7) is 5.79. The van der Waals surface area contributed by atoms with Gasteiger partial charge in [-0.05, 0) is 12.1 Å². The Hall–Kier alpha value is -1.26. The second-order valence-electron chi connectivity index (χ2n) is 7.18. The molecule has 0 fully saturated rings. The molecular formula is C24H41FO11S. The molecule has 11 nitrogen and oxygen atoms in total. The first-order valence-corrected chi connectivity index (χ1v) is 13.7. The molecule has 0 N–H and O–H groups in total. The summed E-state index contributed by atoms with van der Waals surface area (Å²) < 4.78 is 83.0. The summed E-state index contributed by atoms with van der Waals surface area (Å²) >= 11 is 0. The molecule has 0 heterocycles. The lowest BCUT2D eigenvalue weighted by atomic mass is 10.4. The van der Waals surface area contributed by atoms with Crippen LogP contribution >= 0.6 is 0 Å². The molecule has 1 rings (SSSR count). The van der Waals surface area contributed by atoms with Gasteiger partial charge < -0.3 is 37.9 Å². The van der Waals surface area contributed by atoms with Crippen molar-refractivity contribution in [2.24, 2.45) is 0 Å². The molecule has 0 aliphatic heterocycles. The average molecular weight is 557 g/mol. The second-order valence-corrected chi connectivity index (χ2v) is 8.79. The van der Waals surface area contributed by atoms with Crippen LogP contribution in [0.25, 0.3) is 0 Å². The quantitative estimate of drug-likeness (QED) is 0.110. The van der Waals surface area contributed by atoms with E-state index in [-0.39, 0.29) is 24.7 Å². The van der Waals surface area contributed by atoms with Gasteiger partial charge in [0.1, 0.15) is 6.67 Å². The van der Waals surface area contributed by atoms with E-state index in [1.165, 1.54) is 12.1 Å². The Morgan fingerprint density at radius 1 is 0.459 bits per heavy atom. The number of rotatable bonds is 28. The molecule has 0 saturated carbocycles. The van der Waals surface area contributed by atoms with Gasteiger partial charge in [0.2, 0.25) is 0 Å². The average Bonchev–Trinajstić information content (AvgIpc) is 2.91. The molecule has 37 heavy (non-hydrogen) atoms. The van der Waals surface area contributed by atoms with Gasteiger partial charge in [-0.1, -0.05) is 18.2 Å². The SMILES string of the molecule is O=S(=O)(OCCOCCOCCOCCOCCOCCOCCOCCOCCF)c1ccccc1. The number of benzene rings is 1. The summed E-state index contributed by atoms with van der Waals surface area (Å²) in [7, 11) is -3.75. The van der Waals surface area contributed by atoms with E-state index in [1.54, 1.807) is 18.2 Å². The lowest BCUT2D eigenvalue weighted by molar-refractivity contribution is -0.0237.